The number of aryl methyl sites for hydroxylation is 1. The summed E-state index contributed by atoms with van der Waals surface area (Å²) in [6.45, 7) is 9.29. The molecule has 2 heterocycles. The van der Waals surface area contributed by atoms with Crippen LogP contribution in [0, 0.1) is 29.9 Å². The highest BCUT2D eigenvalue weighted by Gasteiger charge is 2.28. The molecule has 1 amide bonds. The van der Waals surface area contributed by atoms with E-state index in [0.717, 1.165) is 24.7 Å². The first-order valence-corrected chi connectivity index (χ1v) is 10.1. The van der Waals surface area contributed by atoms with E-state index in [1.54, 1.807) is 18.5 Å². The van der Waals surface area contributed by atoms with Crippen LogP contribution < -0.4 is 0 Å². The zero-order valence-corrected chi connectivity index (χ0v) is 17.7. The molecule has 2 aromatic rings. The fraction of sp³-hybridized carbons (Fsp3) is 0.500. The van der Waals surface area contributed by atoms with Gasteiger partial charge in [0, 0.05) is 37.7 Å². The number of hydrogen-bond acceptors (Lipinski definition) is 5. The molecule has 29 heavy (non-hydrogen) atoms. The molecule has 0 saturated carbocycles. The maximum atomic E-state index is 12.9. The summed E-state index contributed by atoms with van der Waals surface area (Å²) in [7, 11) is 0. The third-order valence-electron chi connectivity index (χ3n) is 5.40. The summed E-state index contributed by atoms with van der Waals surface area (Å²) in [4.78, 5) is 27.8. The van der Waals surface area contributed by atoms with E-state index < -0.39 is 4.92 Å². The molecule has 9 heteroatoms. The van der Waals surface area contributed by atoms with Gasteiger partial charge < -0.3 is 4.90 Å². The van der Waals surface area contributed by atoms with Crippen molar-refractivity contribution in [2.45, 2.75) is 33.9 Å². The summed E-state index contributed by atoms with van der Waals surface area (Å²) < 4.78 is 1.58. The van der Waals surface area contributed by atoms with Gasteiger partial charge >= 0.3 is 5.69 Å². The lowest BCUT2D eigenvalue weighted by molar-refractivity contribution is -0.386. The minimum absolute atomic E-state index is 0.0282. The van der Waals surface area contributed by atoms with Gasteiger partial charge in [0.15, 0.2) is 0 Å². The Balaban J connectivity index is 1.54. The zero-order chi connectivity index (χ0) is 21.1. The van der Waals surface area contributed by atoms with Gasteiger partial charge in [-0.1, -0.05) is 30.7 Å². The second-order valence-corrected chi connectivity index (χ2v) is 8.02. The average molecular weight is 420 g/mol. The van der Waals surface area contributed by atoms with Crippen LogP contribution in [-0.4, -0.2) is 56.6 Å². The fourth-order valence-electron chi connectivity index (χ4n) is 3.75. The predicted molar refractivity (Wildman–Crippen MR) is 111 cm³/mol. The van der Waals surface area contributed by atoms with Crippen LogP contribution in [0.2, 0.25) is 5.02 Å². The normalized spacial score (nSPS) is 16.1. The van der Waals surface area contributed by atoms with Crippen LogP contribution >= 0.6 is 11.6 Å². The number of halogens is 1. The maximum absolute atomic E-state index is 12.9. The lowest BCUT2D eigenvalue weighted by Crippen LogP contribution is -2.50. The standard InChI is InChI=1S/C20H26ClN5O3/c1-14(12-25-16(3)19(26(28)29)15(2)22-25)20(27)24-10-8-23(9-11-24)13-17-4-6-18(21)7-5-17/h4-7,14H,8-13H2,1-3H3. The van der Waals surface area contributed by atoms with E-state index in [-0.39, 0.29) is 17.5 Å². The lowest BCUT2D eigenvalue weighted by Gasteiger charge is -2.36. The smallest absolute Gasteiger partial charge is 0.312 e. The molecule has 1 unspecified atom stereocenters. The molecule has 1 fully saturated rings. The minimum Gasteiger partial charge on any atom is -0.340 e. The molecule has 1 aromatic carbocycles. The highest BCUT2D eigenvalue weighted by molar-refractivity contribution is 6.30. The quantitative estimate of drug-likeness (QED) is 0.530. The Labute approximate surface area is 175 Å². The van der Waals surface area contributed by atoms with Crippen LogP contribution in [0.4, 0.5) is 5.69 Å². The monoisotopic (exact) mass is 419 g/mol. The van der Waals surface area contributed by atoms with E-state index in [1.807, 2.05) is 36.1 Å². The Bertz CT molecular complexity index is 888. The summed E-state index contributed by atoms with van der Waals surface area (Å²) in [5.41, 5.74) is 2.09. The molecule has 1 aliphatic heterocycles. The molecule has 8 nitrogen and oxygen atoms in total. The number of aromatic nitrogens is 2. The van der Waals surface area contributed by atoms with E-state index in [2.05, 4.69) is 10.00 Å². The van der Waals surface area contributed by atoms with Crippen molar-refractivity contribution in [3.63, 3.8) is 0 Å². The Morgan fingerprint density at radius 3 is 2.38 bits per heavy atom. The van der Waals surface area contributed by atoms with Crippen LogP contribution in [0.1, 0.15) is 23.9 Å². The van der Waals surface area contributed by atoms with Crippen LogP contribution in [0.3, 0.4) is 0 Å². The van der Waals surface area contributed by atoms with Gasteiger partial charge in [0.1, 0.15) is 11.4 Å². The fourth-order valence-corrected chi connectivity index (χ4v) is 3.88. The van der Waals surface area contributed by atoms with Crippen LogP contribution in [0.25, 0.3) is 0 Å². The number of rotatable bonds is 6. The lowest BCUT2D eigenvalue weighted by atomic mass is 10.1. The number of nitrogens with zero attached hydrogens (tertiary/aromatic N) is 5. The number of piperazine rings is 1. The van der Waals surface area contributed by atoms with Crippen molar-refractivity contribution >= 4 is 23.2 Å². The van der Waals surface area contributed by atoms with Gasteiger partial charge in [-0.15, -0.1) is 0 Å². The number of nitro groups is 1. The highest BCUT2D eigenvalue weighted by atomic mass is 35.5. The Hall–Kier alpha value is -2.45. The number of carbonyl (C=O) groups is 1. The van der Waals surface area contributed by atoms with Gasteiger partial charge in [-0.3, -0.25) is 24.5 Å². The molecule has 1 atom stereocenters. The van der Waals surface area contributed by atoms with Crippen molar-refractivity contribution in [2.75, 3.05) is 26.2 Å². The molecule has 0 radical (unpaired) electrons. The first-order chi connectivity index (χ1) is 13.8. The van der Waals surface area contributed by atoms with Crippen LogP contribution in [0.5, 0.6) is 0 Å². The van der Waals surface area contributed by atoms with E-state index in [9.17, 15) is 14.9 Å². The topological polar surface area (TPSA) is 84.5 Å². The molecular formula is C20H26ClN5O3. The van der Waals surface area contributed by atoms with Crippen molar-refractivity contribution < 1.29 is 9.72 Å². The molecule has 0 spiro atoms. The van der Waals surface area contributed by atoms with E-state index in [1.165, 1.54) is 5.56 Å². The number of hydrogen-bond donors (Lipinski definition) is 0. The summed E-state index contributed by atoms with van der Waals surface area (Å²) in [6, 6.07) is 7.83. The number of benzene rings is 1. The van der Waals surface area contributed by atoms with Crippen LogP contribution in [0.15, 0.2) is 24.3 Å². The highest BCUT2D eigenvalue weighted by Crippen LogP contribution is 2.23. The SMILES string of the molecule is Cc1nn(CC(C)C(=O)N2CCN(Cc3ccc(Cl)cc3)CC2)c(C)c1[N+](=O)[O-]. The zero-order valence-electron chi connectivity index (χ0n) is 17.0. The van der Waals surface area contributed by atoms with Crippen molar-refractivity contribution in [2.24, 2.45) is 5.92 Å². The molecule has 0 bridgehead atoms. The van der Waals surface area contributed by atoms with E-state index in [0.29, 0.717) is 31.0 Å². The van der Waals surface area contributed by atoms with E-state index >= 15 is 0 Å². The summed E-state index contributed by atoms with van der Waals surface area (Å²) >= 11 is 5.93. The Kier molecular flexibility index (Phi) is 6.54. The van der Waals surface area contributed by atoms with Gasteiger partial charge in [0.05, 0.1) is 17.4 Å². The second kappa shape index (κ2) is 8.92. The molecule has 1 aliphatic rings. The maximum Gasteiger partial charge on any atom is 0.312 e. The first kappa shape index (κ1) is 21.3. The van der Waals surface area contributed by atoms with Gasteiger partial charge in [0.2, 0.25) is 5.91 Å². The van der Waals surface area contributed by atoms with Gasteiger partial charge in [-0.25, -0.2) is 0 Å². The third kappa shape index (κ3) is 4.94. The van der Waals surface area contributed by atoms with Gasteiger partial charge in [-0.2, -0.15) is 5.10 Å². The minimum atomic E-state index is -0.416. The van der Waals surface area contributed by atoms with E-state index in [4.69, 9.17) is 11.6 Å². The molecule has 0 N–H and O–H groups in total. The third-order valence-corrected chi connectivity index (χ3v) is 5.65. The number of carbonyl (C=O) groups excluding carboxylic acids is 1. The predicted octanol–water partition coefficient (Wildman–Crippen LogP) is 3.04. The van der Waals surface area contributed by atoms with Crippen molar-refractivity contribution in [1.29, 1.82) is 0 Å². The summed E-state index contributed by atoms with van der Waals surface area (Å²) in [6.07, 6.45) is 0. The summed E-state index contributed by atoms with van der Waals surface area (Å²) in [5, 5.41) is 16.1. The molecule has 156 valence electrons. The molecular weight excluding hydrogens is 394 g/mol. The largest absolute Gasteiger partial charge is 0.340 e. The van der Waals surface area contributed by atoms with Crippen LogP contribution in [-0.2, 0) is 17.9 Å². The van der Waals surface area contributed by atoms with Gasteiger partial charge in [0.25, 0.3) is 0 Å². The number of amides is 1. The summed E-state index contributed by atoms with van der Waals surface area (Å²) in [5.74, 6) is -0.234. The van der Waals surface area contributed by atoms with Crippen molar-refractivity contribution in [3.05, 3.63) is 56.4 Å². The Morgan fingerprint density at radius 1 is 1.21 bits per heavy atom. The molecule has 1 aromatic heterocycles. The first-order valence-electron chi connectivity index (χ1n) is 9.70. The molecule has 3 rings (SSSR count). The van der Waals surface area contributed by atoms with Crippen molar-refractivity contribution in [1.82, 2.24) is 19.6 Å². The average Bonchev–Trinajstić information content (AvgIpc) is 2.96. The second-order valence-electron chi connectivity index (χ2n) is 7.59. The van der Waals surface area contributed by atoms with Crippen molar-refractivity contribution in [3.8, 4) is 0 Å². The Morgan fingerprint density at radius 2 is 1.83 bits per heavy atom. The molecule has 1 saturated heterocycles. The molecule has 0 aliphatic carbocycles. The van der Waals surface area contributed by atoms with Gasteiger partial charge in [-0.05, 0) is 31.5 Å².